The van der Waals surface area contributed by atoms with E-state index in [1.807, 2.05) is 19.9 Å². The normalized spacial score (nSPS) is 17.9. The number of pyridine rings is 1. The van der Waals surface area contributed by atoms with Crippen LogP contribution in [0.2, 0.25) is 5.02 Å². The summed E-state index contributed by atoms with van der Waals surface area (Å²) in [5, 5.41) is 6.51. The predicted octanol–water partition coefficient (Wildman–Crippen LogP) is 4.57. The number of carbonyl (C=O) groups excluding carboxylic acids is 1. The van der Waals surface area contributed by atoms with Gasteiger partial charge in [-0.2, -0.15) is 0 Å². The van der Waals surface area contributed by atoms with Gasteiger partial charge >= 0.3 is 0 Å². The number of nitrogens with one attached hydrogen (secondary N) is 3. The number of benzene rings is 1. The van der Waals surface area contributed by atoms with Gasteiger partial charge in [0.25, 0.3) is 5.91 Å². The predicted molar refractivity (Wildman–Crippen MR) is 146 cm³/mol. The lowest BCUT2D eigenvalue weighted by atomic mass is 9.89. The Kier molecular flexibility index (Phi) is 9.25. The van der Waals surface area contributed by atoms with Crippen molar-refractivity contribution < 1.29 is 4.79 Å². The van der Waals surface area contributed by atoms with Crippen LogP contribution < -0.4 is 21.0 Å². The van der Waals surface area contributed by atoms with E-state index in [1.165, 1.54) is 12.8 Å². The molecule has 192 valence electrons. The Morgan fingerprint density at radius 2 is 1.77 bits per heavy atom. The van der Waals surface area contributed by atoms with Gasteiger partial charge in [-0.15, -0.1) is 0 Å². The largest absolute Gasteiger partial charge is 0.374 e. The van der Waals surface area contributed by atoms with Gasteiger partial charge < -0.3 is 25.4 Å². The highest BCUT2D eigenvalue weighted by Gasteiger charge is 2.28. The first-order valence-corrected chi connectivity index (χ1v) is 13.0. The van der Waals surface area contributed by atoms with Gasteiger partial charge in [0.15, 0.2) is 5.43 Å². The average Bonchev–Trinajstić information content (AvgIpc) is 2.85. The maximum absolute atomic E-state index is 13.3. The molecule has 1 aromatic carbocycles. The smallest absolute Gasteiger partial charge is 0.251 e. The molecular weight excluding hydrogens is 462 g/mol. The minimum Gasteiger partial charge on any atom is -0.374 e. The van der Waals surface area contributed by atoms with Crippen LogP contribution in [-0.2, 0) is 13.0 Å². The number of aromatic nitrogens is 1. The third-order valence-corrected chi connectivity index (χ3v) is 7.54. The highest BCUT2D eigenvalue weighted by molar-refractivity contribution is 6.31. The van der Waals surface area contributed by atoms with Crippen molar-refractivity contribution in [1.82, 2.24) is 15.2 Å². The van der Waals surface area contributed by atoms with Gasteiger partial charge in [0.05, 0.1) is 12.1 Å². The Morgan fingerprint density at radius 1 is 1.11 bits per heavy atom. The molecule has 0 spiro atoms. The second-order valence-corrected chi connectivity index (χ2v) is 10.0. The van der Waals surface area contributed by atoms with E-state index < -0.39 is 0 Å². The zero-order chi connectivity index (χ0) is 25.7. The Hall–Kier alpha value is -2.51. The molecule has 1 aromatic heterocycles. The lowest BCUT2D eigenvalue weighted by molar-refractivity contribution is 0.0950. The number of aryl methyl sites for hydroxylation is 1. The summed E-state index contributed by atoms with van der Waals surface area (Å²) in [6.45, 7) is 7.10. The lowest BCUT2D eigenvalue weighted by Gasteiger charge is -2.40. The van der Waals surface area contributed by atoms with E-state index in [0.29, 0.717) is 34.1 Å². The quantitative estimate of drug-likeness (QED) is 0.469. The summed E-state index contributed by atoms with van der Waals surface area (Å²) in [5.41, 5.74) is 3.72. The first-order valence-electron chi connectivity index (χ1n) is 12.6. The first-order chi connectivity index (χ1) is 16.7. The average molecular weight is 502 g/mol. The molecule has 1 aliphatic carbocycles. The van der Waals surface area contributed by atoms with Crippen molar-refractivity contribution in [3.8, 4) is 0 Å². The van der Waals surface area contributed by atoms with Crippen LogP contribution in [0.3, 0.4) is 0 Å². The molecule has 0 radical (unpaired) electrons. The molecule has 1 saturated carbocycles. The molecule has 1 aliphatic rings. The second kappa shape index (κ2) is 12.0. The van der Waals surface area contributed by atoms with Gasteiger partial charge in [-0.1, -0.05) is 18.5 Å². The van der Waals surface area contributed by atoms with Crippen LogP contribution in [0.5, 0.6) is 0 Å². The monoisotopic (exact) mass is 501 g/mol. The maximum atomic E-state index is 13.3. The van der Waals surface area contributed by atoms with Crippen LogP contribution in [0.15, 0.2) is 23.0 Å². The van der Waals surface area contributed by atoms with E-state index in [0.717, 1.165) is 42.8 Å². The third kappa shape index (κ3) is 6.19. The fourth-order valence-electron chi connectivity index (χ4n) is 5.19. The molecule has 35 heavy (non-hydrogen) atoms. The fourth-order valence-corrected chi connectivity index (χ4v) is 5.41. The standard InChI is InChI=1S/C27H40ClN5O2/c1-7-19-15-25(34)23(26(29-4)31-19)16-30-27(35)22-13-18(28)14-24(17(22)3)33(8-2)21-11-9-20(10-12-21)32(5)6/h13-15,20-21H,7-12,16H2,1-6H3,(H,30,35)(H2,29,31,34)/t20-,21-. The first kappa shape index (κ1) is 27.1. The molecule has 0 unspecified atom stereocenters. The molecular formula is C27H40ClN5O2. The summed E-state index contributed by atoms with van der Waals surface area (Å²) in [6, 6.07) is 6.34. The van der Waals surface area contributed by atoms with Gasteiger partial charge in [0.1, 0.15) is 5.82 Å². The number of H-pyrrole nitrogens is 1. The summed E-state index contributed by atoms with van der Waals surface area (Å²) >= 11 is 6.52. The van der Waals surface area contributed by atoms with E-state index in [1.54, 1.807) is 19.2 Å². The highest BCUT2D eigenvalue weighted by atomic mass is 35.5. The highest BCUT2D eigenvalue weighted by Crippen LogP contribution is 2.34. The summed E-state index contributed by atoms with van der Waals surface area (Å²) in [7, 11) is 6.06. The number of aromatic amines is 1. The van der Waals surface area contributed by atoms with Crippen molar-refractivity contribution in [2.24, 2.45) is 0 Å². The van der Waals surface area contributed by atoms with Crippen LogP contribution in [0, 0.1) is 6.92 Å². The zero-order valence-corrected chi connectivity index (χ0v) is 22.7. The number of halogens is 1. The number of rotatable bonds is 9. The summed E-state index contributed by atoms with van der Waals surface area (Å²) in [6.07, 6.45) is 5.30. The van der Waals surface area contributed by atoms with Crippen LogP contribution in [-0.4, -0.2) is 55.6 Å². The molecule has 1 amide bonds. The van der Waals surface area contributed by atoms with Crippen LogP contribution in [0.4, 0.5) is 11.5 Å². The van der Waals surface area contributed by atoms with E-state index >= 15 is 0 Å². The molecule has 1 fully saturated rings. The Labute approximate surface area is 214 Å². The van der Waals surface area contributed by atoms with Gasteiger partial charge in [-0.3, -0.25) is 9.59 Å². The number of amides is 1. The number of anilines is 2. The van der Waals surface area contributed by atoms with Crippen LogP contribution in [0.1, 0.15) is 66.7 Å². The Balaban J connectivity index is 1.82. The second-order valence-electron chi connectivity index (χ2n) is 9.61. The van der Waals surface area contributed by atoms with E-state index in [9.17, 15) is 9.59 Å². The SMILES string of the molecule is CCc1cc(=O)c(CNC(=O)c2cc(Cl)cc(N(CC)[C@H]3CC[C@H](N(C)C)CC3)c2C)c(NC)[nH]1. The van der Waals surface area contributed by atoms with E-state index in [4.69, 9.17) is 11.6 Å². The van der Waals surface area contributed by atoms with Gasteiger partial charge in [0, 0.05) is 53.7 Å². The third-order valence-electron chi connectivity index (χ3n) is 7.32. The molecule has 3 rings (SSSR count). The van der Waals surface area contributed by atoms with Crippen LogP contribution >= 0.6 is 11.6 Å². The van der Waals surface area contributed by atoms with Crippen molar-refractivity contribution in [3.63, 3.8) is 0 Å². The summed E-state index contributed by atoms with van der Waals surface area (Å²) < 4.78 is 0. The van der Waals surface area contributed by atoms with Crippen molar-refractivity contribution in [2.45, 2.75) is 71.5 Å². The Bertz CT molecular complexity index is 1090. The molecule has 0 saturated heterocycles. The molecule has 8 heteroatoms. The van der Waals surface area contributed by atoms with Gasteiger partial charge in [-0.25, -0.2) is 0 Å². The zero-order valence-electron chi connectivity index (χ0n) is 21.9. The van der Waals surface area contributed by atoms with Crippen molar-refractivity contribution in [3.05, 3.63) is 55.8 Å². The summed E-state index contributed by atoms with van der Waals surface area (Å²) in [5.74, 6) is 0.392. The fraction of sp³-hybridized carbons (Fsp3) is 0.556. The lowest BCUT2D eigenvalue weighted by Crippen LogP contribution is -2.42. The molecule has 7 nitrogen and oxygen atoms in total. The number of nitrogens with zero attached hydrogens (tertiary/aromatic N) is 2. The van der Waals surface area contributed by atoms with Gasteiger partial charge in [-0.05, 0) is 77.7 Å². The van der Waals surface area contributed by atoms with Crippen LogP contribution in [0.25, 0.3) is 0 Å². The minimum atomic E-state index is -0.236. The number of hydrogen-bond acceptors (Lipinski definition) is 5. The number of hydrogen-bond donors (Lipinski definition) is 3. The number of carbonyl (C=O) groups is 1. The molecule has 2 aromatic rings. The maximum Gasteiger partial charge on any atom is 0.251 e. The minimum absolute atomic E-state index is 0.0979. The topological polar surface area (TPSA) is 80.5 Å². The van der Waals surface area contributed by atoms with Crippen molar-refractivity contribution in [1.29, 1.82) is 0 Å². The molecule has 3 N–H and O–H groups in total. The van der Waals surface area contributed by atoms with E-state index in [-0.39, 0.29) is 17.9 Å². The molecule has 0 atom stereocenters. The summed E-state index contributed by atoms with van der Waals surface area (Å²) in [4.78, 5) is 33.8. The molecule has 0 bridgehead atoms. The molecule has 0 aliphatic heterocycles. The van der Waals surface area contributed by atoms with E-state index in [2.05, 4.69) is 46.4 Å². The van der Waals surface area contributed by atoms with Crippen molar-refractivity contribution >= 4 is 29.0 Å². The van der Waals surface area contributed by atoms with Gasteiger partial charge in [0.2, 0.25) is 0 Å². The molecule has 1 heterocycles. The Morgan fingerprint density at radius 3 is 2.34 bits per heavy atom. The van der Waals surface area contributed by atoms with Crippen molar-refractivity contribution in [2.75, 3.05) is 37.9 Å².